The van der Waals surface area contributed by atoms with Gasteiger partial charge in [0.05, 0.1) is 6.10 Å². The molecule has 0 rings (SSSR count). The molecule has 0 aromatic carbocycles. The first-order valence-electron chi connectivity index (χ1n) is 4.96. The van der Waals surface area contributed by atoms with Crippen molar-refractivity contribution in [3.8, 4) is 0 Å². The van der Waals surface area contributed by atoms with E-state index in [0.717, 1.165) is 25.7 Å². The van der Waals surface area contributed by atoms with Crippen LogP contribution < -0.4 is 0 Å². The highest BCUT2D eigenvalue weighted by Gasteiger charge is 1.94. The van der Waals surface area contributed by atoms with Gasteiger partial charge in [-0.2, -0.15) is 0 Å². The summed E-state index contributed by atoms with van der Waals surface area (Å²) in [6.45, 7) is 2.44. The highest BCUT2D eigenvalue weighted by atomic mass is 16.3. The second kappa shape index (κ2) is 9.36. The summed E-state index contributed by atoms with van der Waals surface area (Å²) < 4.78 is 0. The molecule has 0 aromatic rings. The number of hydrogen-bond donors (Lipinski definition) is 1. The Balaban J connectivity index is 2.95. The summed E-state index contributed by atoms with van der Waals surface area (Å²) in [6.07, 6.45) is 6.28. The van der Waals surface area contributed by atoms with E-state index < -0.39 is 0 Å². The van der Waals surface area contributed by atoms with E-state index >= 15 is 0 Å². The standard InChI is InChI=1S/C9H19N3O/c1-9(13)7-5-3-2-4-6-8-11-12-10/h9,13H,2-8H2,1H3. The van der Waals surface area contributed by atoms with Crippen molar-refractivity contribution >= 4 is 0 Å². The molecule has 0 aliphatic carbocycles. The Morgan fingerprint density at radius 1 is 1.23 bits per heavy atom. The van der Waals surface area contributed by atoms with Gasteiger partial charge in [-0.1, -0.05) is 30.8 Å². The van der Waals surface area contributed by atoms with Crippen LogP contribution in [-0.2, 0) is 0 Å². The SMILES string of the molecule is CC(O)CCCCCCCN=[N+]=[N-]. The van der Waals surface area contributed by atoms with Crippen molar-refractivity contribution in [3.05, 3.63) is 10.4 Å². The predicted molar refractivity (Wildman–Crippen MR) is 53.4 cm³/mol. The Morgan fingerprint density at radius 2 is 1.85 bits per heavy atom. The second-order valence-corrected chi connectivity index (χ2v) is 3.36. The molecule has 1 unspecified atom stereocenters. The Labute approximate surface area is 79.6 Å². The Kier molecular flexibility index (Phi) is 8.83. The summed E-state index contributed by atoms with van der Waals surface area (Å²) in [4.78, 5) is 2.68. The number of aliphatic hydroxyl groups excluding tert-OH is 1. The molecule has 0 saturated carbocycles. The number of azide groups is 1. The van der Waals surface area contributed by atoms with E-state index in [0.29, 0.717) is 6.54 Å². The molecule has 0 aromatic heterocycles. The van der Waals surface area contributed by atoms with Gasteiger partial charge in [0.1, 0.15) is 0 Å². The van der Waals surface area contributed by atoms with Crippen molar-refractivity contribution in [3.63, 3.8) is 0 Å². The average Bonchev–Trinajstić information content (AvgIpc) is 2.09. The lowest BCUT2D eigenvalue weighted by Crippen LogP contribution is -1.98. The molecule has 4 heteroatoms. The minimum atomic E-state index is -0.164. The number of nitrogens with zero attached hydrogens (tertiary/aromatic N) is 3. The van der Waals surface area contributed by atoms with E-state index in [1.807, 2.05) is 6.92 Å². The molecule has 76 valence electrons. The van der Waals surface area contributed by atoms with Crippen LogP contribution >= 0.6 is 0 Å². The molecule has 0 aliphatic heterocycles. The summed E-state index contributed by atoms with van der Waals surface area (Å²) in [6, 6.07) is 0. The first kappa shape index (κ1) is 12.3. The van der Waals surface area contributed by atoms with E-state index in [1.165, 1.54) is 12.8 Å². The van der Waals surface area contributed by atoms with Gasteiger partial charge in [-0.15, -0.1) is 0 Å². The molecular weight excluding hydrogens is 166 g/mol. The minimum Gasteiger partial charge on any atom is -0.393 e. The molecule has 1 N–H and O–H groups in total. The van der Waals surface area contributed by atoms with Crippen molar-refractivity contribution in [1.29, 1.82) is 0 Å². The maximum absolute atomic E-state index is 8.97. The molecule has 0 fully saturated rings. The lowest BCUT2D eigenvalue weighted by atomic mass is 10.1. The van der Waals surface area contributed by atoms with Gasteiger partial charge in [0.15, 0.2) is 0 Å². The molecule has 0 heterocycles. The monoisotopic (exact) mass is 185 g/mol. The Morgan fingerprint density at radius 3 is 2.46 bits per heavy atom. The average molecular weight is 185 g/mol. The number of unbranched alkanes of at least 4 members (excludes halogenated alkanes) is 4. The van der Waals surface area contributed by atoms with Crippen LogP contribution in [0.3, 0.4) is 0 Å². The topological polar surface area (TPSA) is 69.0 Å². The van der Waals surface area contributed by atoms with Gasteiger partial charge in [0, 0.05) is 11.5 Å². The van der Waals surface area contributed by atoms with Crippen LogP contribution in [0.15, 0.2) is 5.11 Å². The molecule has 0 saturated heterocycles. The minimum absolute atomic E-state index is 0.164. The molecule has 4 nitrogen and oxygen atoms in total. The Hall–Kier alpha value is -0.730. The van der Waals surface area contributed by atoms with Gasteiger partial charge < -0.3 is 5.11 Å². The van der Waals surface area contributed by atoms with Gasteiger partial charge >= 0.3 is 0 Å². The lowest BCUT2D eigenvalue weighted by Gasteiger charge is -2.02. The van der Waals surface area contributed by atoms with Crippen molar-refractivity contribution < 1.29 is 5.11 Å². The van der Waals surface area contributed by atoms with Crippen LogP contribution in [0.1, 0.15) is 45.4 Å². The maximum atomic E-state index is 8.97. The molecule has 0 radical (unpaired) electrons. The zero-order valence-corrected chi connectivity index (χ0v) is 8.32. The van der Waals surface area contributed by atoms with Crippen molar-refractivity contribution in [2.45, 2.75) is 51.6 Å². The predicted octanol–water partition coefficient (Wildman–Crippen LogP) is 3.02. The molecule has 1 atom stereocenters. The summed E-state index contributed by atoms with van der Waals surface area (Å²) in [5.41, 5.74) is 8.00. The Bertz CT molecular complexity index is 153. The van der Waals surface area contributed by atoms with Crippen LogP contribution in [0.4, 0.5) is 0 Å². The van der Waals surface area contributed by atoms with Crippen LogP contribution in [-0.4, -0.2) is 17.8 Å². The third kappa shape index (κ3) is 11.3. The molecular formula is C9H19N3O. The molecule has 0 spiro atoms. The van der Waals surface area contributed by atoms with Gasteiger partial charge in [0.2, 0.25) is 0 Å². The van der Waals surface area contributed by atoms with Crippen molar-refractivity contribution in [2.75, 3.05) is 6.54 Å². The molecule has 13 heavy (non-hydrogen) atoms. The summed E-state index contributed by atoms with van der Waals surface area (Å²) in [5.74, 6) is 0. The number of aliphatic hydroxyl groups is 1. The molecule has 0 amide bonds. The third-order valence-electron chi connectivity index (χ3n) is 1.94. The zero-order chi connectivity index (χ0) is 9.94. The van der Waals surface area contributed by atoms with E-state index in [-0.39, 0.29) is 6.10 Å². The van der Waals surface area contributed by atoms with Crippen molar-refractivity contribution in [2.24, 2.45) is 5.11 Å². The van der Waals surface area contributed by atoms with Crippen molar-refractivity contribution in [1.82, 2.24) is 0 Å². The highest BCUT2D eigenvalue weighted by molar-refractivity contribution is 4.51. The number of hydrogen-bond acceptors (Lipinski definition) is 2. The fourth-order valence-electron chi connectivity index (χ4n) is 1.20. The summed E-state index contributed by atoms with van der Waals surface area (Å²) in [5, 5.41) is 12.4. The largest absolute Gasteiger partial charge is 0.393 e. The molecule has 0 bridgehead atoms. The maximum Gasteiger partial charge on any atom is 0.0512 e. The molecule has 0 aliphatic rings. The van der Waals surface area contributed by atoms with Gasteiger partial charge in [-0.05, 0) is 25.3 Å². The van der Waals surface area contributed by atoms with Crippen LogP contribution in [0.25, 0.3) is 10.4 Å². The second-order valence-electron chi connectivity index (χ2n) is 3.36. The van der Waals surface area contributed by atoms with E-state index in [1.54, 1.807) is 0 Å². The van der Waals surface area contributed by atoms with E-state index in [4.69, 9.17) is 10.6 Å². The zero-order valence-electron chi connectivity index (χ0n) is 8.32. The van der Waals surface area contributed by atoms with E-state index in [2.05, 4.69) is 10.0 Å². The normalized spacial score (nSPS) is 12.2. The van der Waals surface area contributed by atoms with Gasteiger partial charge in [-0.3, -0.25) is 0 Å². The van der Waals surface area contributed by atoms with Gasteiger partial charge in [0.25, 0.3) is 0 Å². The van der Waals surface area contributed by atoms with E-state index in [9.17, 15) is 0 Å². The smallest absolute Gasteiger partial charge is 0.0512 e. The summed E-state index contributed by atoms with van der Waals surface area (Å²) >= 11 is 0. The van der Waals surface area contributed by atoms with Crippen LogP contribution in [0.2, 0.25) is 0 Å². The lowest BCUT2D eigenvalue weighted by molar-refractivity contribution is 0.180. The number of rotatable bonds is 8. The first-order chi connectivity index (χ1) is 6.27. The fourth-order valence-corrected chi connectivity index (χ4v) is 1.20. The van der Waals surface area contributed by atoms with Crippen LogP contribution in [0.5, 0.6) is 0 Å². The van der Waals surface area contributed by atoms with Gasteiger partial charge in [-0.25, -0.2) is 0 Å². The fraction of sp³-hybridized carbons (Fsp3) is 1.00. The third-order valence-corrected chi connectivity index (χ3v) is 1.94. The first-order valence-corrected chi connectivity index (χ1v) is 4.96. The highest BCUT2D eigenvalue weighted by Crippen LogP contribution is 2.07. The quantitative estimate of drug-likeness (QED) is 0.268. The van der Waals surface area contributed by atoms with Crippen LogP contribution in [0, 0.1) is 0 Å². The summed E-state index contributed by atoms with van der Waals surface area (Å²) in [7, 11) is 0.